The summed E-state index contributed by atoms with van der Waals surface area (Å²) in [6.07, 6.45) is 2.86. The topological polar surface area (TPSA) is 113 Å². The molecule has 1 aliphatic heterocycles. The first-order valence-corrected chi connectivity index (χ1v) is 14.1. The van der Waals surface area contributed by atoms with E-state index >= 15 is 0 Å². The van der Waals surface area contributed by atoms with Crippen LogP contribution in [-0.4, -0.2) is 64.2 Å². The van der Waals surface area contributed by atoms with Crippen molar-refractivity contribution in [1.29, 1.82) is 0 Å². The fourth-order valence-electron chi connectivity index (χ4n) is 4.24. The van der Waals surface area contributed by atoms with Crippen molar-refractivity contribution >= 4 is 31.6 Å². The molecule has 1 saturated carbocycles. The summed E-state index contributed by atoms with van der Waals surface area (Å²) in [5.74, 6) is 0.549. The van der Waals surface area contributed by atoms with Crippen LogP contribution in [0.2, 0.25) is 0 Å². The molecule has 1 amide bonds. The van der Waals surface area contributed by atoms with Crippen LogP contribution in [0.15, 0.2) is 58.3 Å². The maximum absolute atomic E-state index is 13.5. The van der Waals surface area contributed by atoms with Crippen molar-refractivity contribution in [3.05, 3.63) is 48.5 Å². The van der Waals surface area contributed by atoms with E-state index in [0.717, 1.165) is 12.8 Å². The van der Waals surface area contributed by atoms with Crippen molar-refractivity contribution < 1.29 is 26.4 Å². The van der Waals surface area contributed by atoms with E-state index in [4.69, 9.17) is 4.74 Å². The lowest BCUT2D eigenvalue weighted by Crippen LogP contribution is -2.49. The predicted molar refractivity (Wildman–Crippen MR) is 128 cm³/mol. The second-order valence-electron chi connectivity index (χ2n) is 8.61. The van der Waals surface area contributed by atoms with Crippen LogP contribution in [0.1, 0.15) is 32.6 Å². The van der Waals surface area contributed by atoms with Gasteiger partial charge in [0, 0.05) is 37.8 Å². The van der Waals surface area contributed by atoms with Crippen molar-refractivity contribution in [3.8, 4) is 5.75 Å². The van der Waals surface area contributed by atoms with E-state index in [1.54, 1.807) is 21.3 Å². The lowest BCUT2D eigenvalue weighted by molar-refractivity contribution is -0.130. The number of carbonyl (C=O) groups excluding carboxylic acids is 1. The molecule has 4 rings (SSSR count). The molecule has 2 aromatic rings. The fourth-order valence-corrected chi connectivity index (χ4v) is 7.23. The van der Waals surface area contributed by atoms with Gasteiger partial charge in [0.2, 0.25) is 15.9 Å². The number of nitrogens with one attached hydrogen (secondary N) is 1. The number of anilines is 1. The molecule has 0 aromatic heterocycles. The van der Waals surface area contributed by atoms with Gasteiger partial charge in [-0.2, -0.15) is 4.31 Å². The maximum atomic E-state index is 13.5. The van der Waals surface area contributed by atoms with Gasteiger partial charge >= 0.3 is 0 Å². The van der Waals surface area contributed by atoms with Crippen LogP contribution in [-0.2, 0) is 24.8 Å². The Bertz CT molecular complexity index is 1230. The third kappa shape index (κ3) is 5.21. The molecule has 1 heterocycles. The second kappa shape index (κ2) is 9.55. The van der Waals surface area contributed by atoms with Gasteiger partial charge in [-0.1, -0.05) is 0 Å². The molecule has 2 fully saturated rings. The van der Waals surface area contributed by atoms with E-state index in [0.29, 0.717) is 31.7 Å². The van der Waals surface area contributed by atoms with Gasteiger partial charge in [0.05, 0.1) is 16.9 Å². The van der Waals surface area contributed by atoms with Gasteiger partial charge in [0.1, 0.15) is 5.75 Å². The third-order valence-corrected chi connectivity index (χ3v) is 9.64. The third-order valence-electron chi connectivity index (χ3n) is 6.23. The first kappa shape index (κ1) is 24.5. The standard InChI is InChI=1S/C23H29N3O6S2/c1-17(27)25-15-13-20(14-16-25)26(19-5-6-19)34(30,31)23-9-3-18(4-10-23)24-33(28,29)22-11-7-21(32-2)8-12-22/h3-4,7-12,19-20,24H,5-6,13-16H2,1-2H3. The molecule has 1 N–H and O–H groups in total. The van der Waals surface area contributed by atoms with Crippen LogP contribution < -0.4 is 9.46 Å². The van der Waals surface area contributed by atoms with Crippen LogP contribution in [0.3, 0.4) is 0 Å². The first-order valence-electron chi connectivity index (χ1n) is 11.2. The van der Waals surface area contributed by atoms with Crippen LogP contribution in [0.5, 0.6) is 5.75 Å². The molecule has 1 saturated heterocycles. The molecule has 184 valence electrons. The average molecular weight is 508 g/mol. The Kier molecular flexibility index (Phi) is 6.88. The summed E-state index contributed by atoms with van der Waals surface area (Å²) in [4.78, 5) is 13.6. The predicted octanol–water partition coefficient (Wildman–Crippen LogP) is 2.66. The van der Waals surface area contributed by atoms with Gasteiger partial charge in [-0.05, 0) is 74.2 Å². The maximum Gasteiger partial charge on any atom is 0.261 e. The quantitative estimate of drug-likeness (QED) is 0.588. The summed E-state index contributed by atoms with van der Waals surface area (Å²) in [5, 5.41) is 0. The minimum atomic E-state index is -3.83. The SMILES string of the molecule is COc1ccc(S(=O)(=O)Nc2ccc(S(=O)(=O)N(C3CC3)C3CCN(C(C)=O)CC3)cc2)cc1. The van der Waals surface area contributed by atoms with Crippen molar-refractivity contribution in [2.75, 3.05) is 24.9 Å². The van der Waals surface area contributed by atoms with Crippen molar-refractivity contribution in [2.45, 2.75) is 54.5 Å². The Hall–Kier alpha value is -2.63. The summed E-state index contributed by atoms with van der Waals surface area (Å²) >= 11 is 0. The number of nitrogens with zero attached hydrogens (tertiary/aromatic N) is 2. The Balaban J connectivity index is 1.50. The van der Waals surface area contributed by atoms with Crippen molar-refractivity contribution in [3.63, 3.8) is 0 Å². The summed E-state index contributed by atoms with van der Waals surface area (Å²) in [6.45, 7) is 2.62. The Morgan fingerprint density at radius 1 is 0.882 bits per heavy atom. The molecule has 0 unspecified atom stereocenters. The van der Waals surface area contributed by atoms with Gasteiger partial charge in [-0.3, -0.25) is 9.52 Å². The highest BCUT2D eigenvalue weighted by molar-refractivity contribution is 7.92. The normalized spacial score (nSPS) is 17.6. The number of sulfonamides is 2. The van der Waals surface area contributed by atoms with Gasteiger partial charge in [-0.15, -0.1) is 0 Å². The minimum Gasteiger partial charge on any atom is -0.497 e. The second-order valence-corrected chi connectivity index (χ2v) is 12.1. The minimum absolute atomic E-state index is 0.00644. The van der Waals surface area contributed by atoms with E-state index in [9.17, 15) is 21.6 Å². The summed E-state index contributed by atoms with van der Waals surface area (Å²) in [7, 11) is -6.09. The van der Waals surface area contributed by atoms with Gasteiger partial charge in [0.15, 0.2) is 0 Å². The number of hydrogen-bond acceptors (Lipinski definition) is 6. The molecule has 2 aliphatic rings. The molecule has 0 spiro atoms. The molecule has 34 heavy (non-hydrogen) atoms. The number of carbonyl (C=O) groups is 1. The zero-order chi connectivity index (χ0) is 24.5. The van der Waals surface area contributed by atoms with Crippen LogP contribution >= 0.6 is 0 Å². The molecule has 0 bridgehead atoms. The van der Waals surface area contributed by atoms with Crippen molar-refractivity contribution in [2.24, 2.45) is 0 Å². The van der Waals surface area contributed by atoms with E-state index in [1.165, 1.54) is 50.4 Å². The zero-order valence-electron chi connectivity index (χ0n) is 19.2. The molecule has 9 nitrogen and oxygen atoms in total. The Morgan fingerprint density at radius 2 is 1.41 bits per heavy atom. The molecule has 1 aliphatic carbocycles. The van der Waals surface area contributed by atoms with Gasteiger partial charge in [0.25, 0.3) is 10.0 Å². The Morgan fingerprint density at radius 3 is 1.91 bits per heavy atom. The fraction of sp³-hybridized carbons (Fsp3) is 0.435. The van der Waals surface area contributed by atoms with E-state index in [-0.39, 0.29) is 33.5 Å². The first-order chi connectivity index (χ1) is 16.1. The highest BCUT2D eigenvalue weighted by atomic mass is 32.2. The average Bonchev–Trinajstić information content (AvgIpc) is 3.64. The van der Waals surface area contributed by atoms with Crippen molar-refractivity contribution in [1.82, 2.24) is 9.21 Å². The molecular weight excluding hydrogens is 478 g/mol. The smallest absolute Gasteiger partial charge is 0.261 e. The highest BCUT2D eigenvalue weighted by Crippen LogP contribution is 2.37. The van der Waals surface area contributed by atoms with Gasteiger partial charge in [-0.25, -0.2) is 16.8 Å². The number of amides is 1. The number of methoxy groups -OCH3 is 1. The van der Waals surface area contributed by atoms with E-state index < -0.39 is 20.0 Å². The number of hydrogen-bond donors (Lipinski definition) is 1. The number of piperidine rings is 1. The zero-order valence-corrected chi connectivity index (χ0v) is 20.8. The number of likely N-dealkylation sites (tertiary alicyclic amines) is 1. The summed E-state index contributed by atoms with van der Waals surface area (Å²) in [6, 6.07) is 11.6. The summed E-state index contributed by atoms with van der Waals surface area (Å²) < 4.78 is 61.5. The molecule has 0 radical (unpaired) electrons. The summed E-state index contributed by atoms with van der Waals surface area (Å²) in [5.41, 5.74) is 0.266. The number of rotatable bonds is 8. The monoisotopic (exact) mass is 507 g/mol. The molecule has 11 heteroatoms. The van der Waals surface area contributed by atoms with Crippen LogP contribution in [0.4, 0.5) is 5.69 Å². The molecule has 0 atom stereocenters. The number of ether oxygens (including phenoxy) is 1. The molecular formula is C23H29N3O6S2. The van der Waals surface area contributed by atoms with E-state index in [2.05, 4.69) is 4.72 Å². The van der Waals surface area contributed by atoms with Gasteiger partial charge < -0.3 is 9.64 Å². The number of benzene rings is 2. The largest absolute Gasteiger partial charge is 0.497 e. The van der Waals surface area contributed by atoms with Crippen LogP contribution in [0.25, 0.3) is 0 Å². The lowest BCUT2D eigenvalue weighted by atomic mass is 10.0. The lowest BCUT2D eigenvalue weighted by Gasteiger charge is -2.37. The molecule has 2 aromatic carbocycles. The van der Waals surface area contributed by atoms with Crippen LogP contribution in [0, 0.1) is 0 Å². The van der Waals surface area contributed by atoms with E-state index in [1.807, 2.05) is 0 Å². The Labute approximate surface area is 200 Å². The highest BCUT2D eigenvalue weighted by Gasteiger charge is 2.43.